The molecular weight excluding hydrogens is 374 g/mol. The van der Waals surface area contributed by atoms with E-state index in [1.165, 1.54) is 5.56 Å². The molecule has 0 unspecified atom stereocenters. The Morgan fingerprint density at radius 2 is 1.80 bits per heavy atom. The number of hydrogen-bond donors (Lipinski definition) is 0. The lowest BCUT2D eigenvalue weighted by Gasteiger charge is -2.18. The molecule has 2 aromatic heterocycles. The summed E-state index contributed by atoms with van der Waals surface area (Å²) in [5.41, 5.74) is 5.76. The molecule has 0 atom stereocenters. The Morgan fingerprint density at radius 1 is 1.07 bits per heavy atom. The van der Waals surface area contributed by atoms with Crippen LogP contribution in [0.4, 0.5) is 0 Å². The SMILES string of the molecule is CCc1c(C(=O)N(C)Cc2nc3ccccc3n2CC)cnn1-c1ccc(C)cc1. The largest absolute Gasteiger partial charge is 0.334 e. The van der Waals surface area contributed by atoms with Crippen molar-refractivity contribution in [2.24, 2.45) is 0 Å². The number of aromatic nitrogens is 4. The van der Waals surface area contributed by atoms with Crippen molar-refractivity contribution in [1.82, 2.24) is 24.2 Å². The number of carbonyl (C=O) groups excluding carboxylic acids is 1. The van der Waals surface area contributed by atoms with Crippen molar-refractivity contribution in [3.8, 4) is 5.69 Å². The highest BCUT2D eigenvalue weighted by atomic mass is 16.2. The van der Waals surface area contributed by atoms with Crippen LogP contribution in [0.15, 0.2) is 54.7 Å². The lowest BCUT2D eigenvalue weighted by molar-refractivity contribution is 0.0779. The molecule has 30 heavy (non-hydrogen) atoms. The molecule has 0 spiro atoms. The number of amides is 1. The zero-order chi connectivity index (χ0) is 21.3. The summed E-state index contributed by atoms with van der Waals surface area (Å²) in [4.78, 5) is 19.8. The maximum atomic E-state index is 13.3. The summed E-state index contributed by atoms with van der Waals surface area (Å²) in [5, 5.41) is 4.51. The summed E-state index contributed by atoms with van der Waals surface area (Å²) in [6, 6.07) is 16.2. The summed E-state index contributed by atoms with van der Waals surface area (Å²) < 4.78 is 4.03. The first-order chi connectivity index (χ1) is 14.5. The third-order valence-electron chi connectivity index (χ3n) is 5.49. The molecule has 2 aromatic carbocycles. The molecule has 0 bridgehead atoms. The zero-order valence-electron chi connectivity index (χ0n) is 18.0. The molecule has 6 nitrogen and oxygen atoms in total. The van der Waals surface area contributed by atoms with Crippen LogP contribution in [-0.4, -0.2) is 37.2 Å². The van der Waals surface area contributed by atoms with E-state index in [0.29, 0.717) is 12.1 Å². The Kier molecular flexibility index (Phi) is 5.40. The quantitative estimate of drug-likeness (QED) is 0.482. The van der Waals surface area contributed by atoms with Gasteiger partial charge in [0.1, 0.15) is 5.82 Å². The van der Waals surface area contributed by atoms with Crippen molar-refractivity contribution in [2.75, 3.05) is 7.05 Å². The van der Waals surface area contributed by atoms with Crippen LogP contribution < -0.4 is 0 Å². The third kappa shape index (κ3) is 3.49. The lowest BCUT2D eigenvalue weighted by atomic mass is 10.1. The van der Waals surface area contributed by atoms with Gasteiger partial charge in [-0.2, -0.15) is 5.10 Å². The van der Waals surface area contributed by atoms with Crippen LogP contribution in [0.3, 0.4) is 0 Å². The Hall–Kier alpha value is -3.41. The highest BCUT2D eigenvalue weighted by molar-refractivity contribution is 5.95. The molecule has 0 fully saturated rings. The highest BCUT2D eigenvalue weighted by Crippen LogP contribution is 2.20. The van der Waals surface area contributed by atoms with Crippen LogP contribution in [0.2, 0.25) is 0 Å². The van der Waals surface area contributed by atoms with Crippen LogP contribution in [0, 0.1) is 6.92 Å². The number of rotatable bonds is 6. The van der Waals surface area contributed by atoms with Crippen molar-refractivity contribution >= 4 is 16.9 Å². The predicted molar refractivity (Wildman–Crippen MR) is 119 cm³/mol. The van der Waals surface area contributed by atoms with Crippen molar-refractivity contribution in [1.29, 1.82) is 0 Å². The highest BCUT2D eigenvalue weighted by Gasteiger charge is 2.22. The number of fused-ring (bicyclic) bond motifs is 1. The maximum absolute atomic E-state index is 13.3. The minimum atomic E-state index is -0.0417. The second kappa shape index (κ2) is 8.14. The average molecular weight is 402 g/mol. The fourth-order valence-electron chi connectivity index (χ4n) is 3.89. The summed E-state index contributed by atoms with van der Waals surface area (Å²) in [7, 11) is 1.82. The number of hydrogen-bond acceptors (Lipinski definition) is 3. The van der Waals surface area contributed by atoms with E-state index in [1.807, 2.05) is 42.1 Å². The van der Waals surface area contributed by atoms with Gasteiger partial charge in [-0.15, -0.1) is 0 Å². The van der Waals surface area contributed by atoms with E-state index in [-0.39, 0.29) is 5.91 Å². The smallest absolute Gasteiger partial charge is 0.257 e. The number of aryl methyl sites for hydroxylation is 2. The topological polar surface area (TPSA) is 56.0 Å². The molecule has 6 heteroatoms. The second-order valence-electron chi connectivity index (χ2n) is 7.53. The molecule has 154 valence electrons. The number of carbonyl (C=O) groups is 1. The maximum Gasteiger partial charge on any atom is 0.257 e. The standard InChI is InChI=1S/C24H27N5O/c1-5-21-19(15-25-29(21)18-13-11-17(3)12-14-18)24(30)27(4)16-23-26-20-9-7-8-10-22(20)28(23)6-2/h7-15H,5-6,16H2,1-4H3. The van der Waals surface area contributed by atoms with Gasteiger partial charge >= 0.3 is 0 Å². The summed E-state index contributed by atoms with van der Waals surface area (Å²) in [5.74, 6) is 0.846. The van der Waals surface area contributed by atoms with E-state index in [1.54, 1.807) is 11.1 Å². The number of benzene rings is 2. The van der Waals surface area contributed by atoms with Crippen LogP contribution >= 0.6 is 0 Å². The molecule has 0 radical (unpaired) electrons. The van der Waals surface area contributed by atoms with Crippen molar-refractivity contribution in [3.63, 3.8) is 0 Å². The predicted octanol–water partition coefficient (Wildman–Crippen LogP) is 4.38. The van der Waals surface area contributed by atoms with Gasteiger partial charge in [0.2, 0.25) is 0 Å². The van der Waals surface area contributed by atoms with Gasteiger partial charge in [-0.1, -0.05) is 36.8 Å². The van der Waals surface area contributed by atoms with E-state index >= 15 is 0 Å². The molecule has 0 aliphatic heterocycles. The molecule has 0 saturated carbocycles. The summed E-state index contributed by atoms with van der Waals surface area (Å²) in [6.07, 6.45) is 2.40. The normalized spacial score (nSPS) is 11.2. The molecule has 0 saturated heterocycles. The van der Waals surface area contributed by atoms with Crippen LogP contribution in [0.25, 0.3) is 16.7 Å². The van der Waals surface area contributed by atoms with Gasteiger partial charge < -0.3 is 9.47 Å². The molecule has 1 amide bonds. The number of para-hydroxylation sites is 2. The molecule has 2 heterocycles. The first-order valence-corrected chi connectivity index (χ1v) is 10.4. The van der Waals surface area contributed by atoms with Gasteiger partial charge in [0.25, 0.3) is 5.91 Å². The first-order valence-electron chi connectivity index (χ1n) is 10.4. The molecule has 0 N–H and O–H groups in total. The average Bonchev–Trinajstić information content (AvgIpc) is 3.34. The van der Waals surface area contributed by atoms with Gasteiger partial charge in [-0.05, 0) is 44.5 Å². The third-order valence-corrected chi connectivity index (χ3v) is 5.49. The van der Waals surface area contributed by atoms with Crippen LogP contribution in [-0.2, 0) is 19.5 Å². The van der Waals surface area contributed by atoms with Crippen molar-refractivity contribution in [2.45, 2.75) is 40.3 Å². The molecule has 0 aliphatic rings. The van der Waals surface area contributed by atoms with Gasteiger partial charge in [-0.3, -0.25) is 4.79 Å². The Morgan fingerprint density at radius 3 is 2.50 bits per heavy atom. The number of nitrogens with zero attached hydrogens (tertiary/aromatic N) is 5. The summed E-state index contributed by atoms with van der Waals surface area (Å²) in [6.45, 7) is 7.46. The second-order valence-corrected chi connectivity index (χ2v) is 7.53. The van der Waals surface area contributed by atoms with E-state index in [2.05, 4.69) is 48.6 Å². The number of imidazole rings is 1. The Bertz CT molecular complexity index is 1190. The van der Waals surface area contributed by atoms with Crippen LogP contribution in [0.1, 0.15) is 41.3 Å². The van der Waals surface area contributed by atoms with Crippen LogP contribution in [0.5, 0.6) is 0 Å². The van der Waals surface area contributed by atoms with E-state index in [9.17, 15) is 4.79 Å². The fourth-order valence-corrected chi connectivity index (χ4v) is 3.89. The first kappa shape index (κ1) is 19.9. The van der Waals surface area contributed by atoms with Gasteiger partial charge in [0.15, 0.2) is 0 Å². The van der Waals surface area contributed by atoms with Crippen molar-refractivity contribution in [3.05, 3.63) is 77.4 Å². The van der Waals surface area contributed by atoms with Gasteiger partial charge in [-0.25, -0.2) is 9.67 Å². The molecule has 0 aliphatic carbocycles. The van der Waals surface area contributed by atoms with Gasteiger partial charge in [0.05, 0.1) is 40.7 Å². The Labute approximate surface area is 176 Å². The fraction of sp³-hybridized carbons (Fsp3) is 0.292. The zero-order valence-corrected chi connectivity index (χ0v) is 18.0. The lowest BCUT2D eigenvalue weighted by Crippen LogP contribution is -2.28. The Balaban J connectivity index is 1.63. The summed E-state index contributed by atoms with van der Waals surface area (Å²) >= 11 is 0. The monoisotopic (exact) mass is 401 g/mol. The van der Waals surface area contributed by atoms with E-state index in [4.69, 9.17) is 4.98 Å². The molecular formula is C24H27N5O. The molecule has 4 rings (SSSR count). The molecule has 4 aromatic rings. The minimum absolute atomic E-state index is 0.0417. The van der Waals surface area contributed by atoms with Crippen molar-refractivity contribution < 1.29 is 4.79 Å². The van der Waals surface area contributed by atoms with E-state index in [0.717, 1.165) is 41.2 Å². The minimum Gasteiger partial charge on any atom is -0.334 e. The van der Waals surface area contributed by atoms with E-state index < -0.39 is 0 Å². The van der Waals surface area contributed by atoms with Gasteiger partial charge in [0, 0.05) is 13.6 Å².